The lowest BCUT2D eigenvalue weighted by Gasteiger charge is -2.23. The van der Waals surface area contributed by atoms with Gasteiger partial charge in [-0.15, -0.1) is 0 Å². The van der Waals surface area contributed by atoms with Crippen molar-refractivity contribution in [1.82, 2.24) is 10.3 Å². The molecule has 1 amide bonds. The van der Waals surface area contributed by atoms with Crippen LogP contribution < -0.4 is 10.0 Å². The third kappa shape index (κ3) is 4.36. The molecule has 0 atom stereocenters. The molecule has 0 radical (unpaired) electrons. The predicted molar refractivity (Wildman–Crippen MR) is 95.8 cm³/mol. The van der Waals surface area contributed by atoms with Gasteiger partial charge in [-0.2, -0.15) is 0 Å². The van der Waals surface area contributed by atoms with Gasteiger partial charge >= 0.3 is 0 Å². The molecule has 1 heterocycles. The van der Waals surface area contributed by atoms with Crippen molar-refractivity contribution >= 4 is 21.6 Å². The van der Waals surface area contributed by atoms with Crippen molar-refractivity contribution < 1.29 is 13.2 Å². The van der Waals surface area contributed by atoms with Crippen molar-refractivity contribution in [2.24, 2.45) is 0 Å². The number of hydrogen-bond acceptors (Lipinski definition) is 4. The van der Waals surface area contributed by atoms with Gasteiger partial charge in [0.1, 0.15) is 4.90 Å². The second-order valence-electron chi connectivity index (χ2n) is 6.15. The molecule has 1 aliphatic carbocycles. The second-order valence-corrected chi connectivity index (χ2v) is 7.80. The van der Waals surface area contributed by atoms with Gasteiger partial charge < -0.3 is 5.32 Å². The Kier molecular flexibility index (Phi) is 5.33. The summed E-state index contributed by atoms with van der Waals surface area (Å²) in [5, 5.41) is 2.97. The normalized spacial score (nSPS) is 15.5. The average Bonchev–Trinajstić information content (AvgIpc) is 2.63. The number of anilines is 1. The minimum absolute atomic E-state index is 0.0350. The van der Waals surface area contributed by atoms with E-state index >= 15 is 0 Å². The lowest BCUT2D eigenvalue weighted by Crippen LogP contribution is -2.37. The Morgan fingerprint density at radius 1 is 1.04 bits per heavy atom. The van der Waals surface area contributed by atoms with Gasteiger partial charge in [-0.3, -0.25) is 14.5 Å². The topological polar surface area (TPSA) is 88.2 Å². The summed E-state index contributed by atoms with van der Waals surface area (Å²) < 4.78 is 27.9. The number of nitrogens with one attached hydrogen (secondary N) is 2. The molecule has 2 N–H and O–H groups in total. The Bertz CT molecular complexity index is 832. The fourth-order valence-corrected chi connectivity index (χ4v) is 4.28. The maximum absolute atomic E-state index is 12.7. The van der Waals surface area contributed by atoms with E-state index in [9.17, 15) is 13.2 Å². The zero-order valence-electron chi connectivity index (χ0n) is 13.8. The third-order valence-corrected chi connectivity index (χ3v) is 5.71. The molecule has 1 aromatic carbocycles. The lowest BCUT2D eigenvalue weighted by molar-refractivity contribution is 0.0924. The first-order valence-corrected chi connectivity index (χ1v) is 9.87. The first-order chi connectivity index (χ1) is 12.1. The van der Waals surface area contributed by atoms with E-state index in [1.165, 1.54) is 24.8 Å². The highest BCUT2D eigenvalue weighted by Crippen LogP contribution is 2.21. The summed E-state index contributed by atoms with van der Waals surface area (Å²) in [5.41, 5.74) is 0.509. The lowest BCUT2D eigenvalue weighted by atomic mass is 9.95. The standard InChI is InChI=1S/C18H21N3O3S/c22-18(20-14-7-2-1-3-8-14)16-10-4-5-11-17(16)25(23,24)21-15-9-6-12-19-13-15/h4-6,9-14,21H,1-3,7-8H2,(H,20,22). The summed E-state index contributed by atoms with van der Waals surface area (Å²) in [6.45, 7) is 0. The molecule has 2 aromatic rings. The van der Waals surface area contributed by atoms with Crippen LogP contribution in [-0.2, 0) is 10.0 Å². The summed E-state index contributed by atoms with van der Waals surface area (Å²) >= 11 is 0. The van der Waals surface area contributed by atoms with E-state index in [0.29, 0.717) is 5.69 Å². The molecule has 1 aliphatic rings. The molecule has 0 unspecified atom stereocenters. The number of aromatic nitrogens is 1. The molecular weight excluding hydrogens is 338 g/mol. The van der Waals surface area contributed by atoms with E-state index in [4.69, 9.17) is 0 Å². The van der Waals surface area contributed by atoms with Crippen LogP contribution in [-0.4, -0.2) is 25.4 Å². The van der Waals surface area contributed by atoms with Gasteiger partial charge in [0.25, 0.3) is 15.9 Å². The maximum Gasteiger partial charge on any atom is 0.262 e. The van der Waals surface area contributed by atoms with Crippen LogP contribution in [0.25, 0.3) is 0 Å². The Labute approximate surface area is 147 Å². The predicted octanol–water partition coefficient (Wildman–Crippen LogP) is 2.94. The number of sulfonamides is 1. The number of amides is 1. The summed E-state index contributed by atoms with van der Waals surface area (Å²) in [6, 6.07) is 9.61. The number of carbonyl (C=O) groups is 1. The zero-order valence-corrected chi connectivity index (χ0v) is 14.6. The molecule has 0 aliphatic heterocycles. The number of benzene rings is 1. The highest BCUT2D eigenvalue weighted by molar-refractivity contribution is 7.92. The maximum atomic E-state index is 12.7. The molecule has 1 saturated carbocycles. The minimum atomic E-state index is -3.88. The molecule has 0 spiro atoms. The van der Waals surface area contributed by atoms with Crippen molar-refractivity contribution in [2.45, 2.75) is 43.0 Å². The third-order valence-electron chi connectivity index (χ3n) is 4.28. The molecule has 0 bridgehead atoms. The van der Waals surface area contributed by atoms with Crippen LogP contribution in [0.2, 0.25) is 0 Å². The molecule has 25 heavy (non-hydrogen) atoms. The Morgan fingerprint density at radius 2 is 1.80 bits per heavy atom. The summed E-state index contributed by atoms with van der Waals surface area (Å²) in [6.07, 6.45) is 8.22. The SMILES string of the molecule is O=C(NC1CCCCC1)c1ccccc1S(=O)(=O)Nc1cccnc1. The van der Waals surface area contributed by atoms with E-state index in [2.05, 4.69) is 15.0 Å². The van der Waals surface area contributed by atoms with Crippen molar-refractivity contribution in [2.75, 3.05) is 4.72 Å². The van der Waals surface area contributed by atoms with Crippen LogP contribution in [0.1, 0.15) is 42.5 Å². The van der Waals surface area contributed by atoms with E-state index in [1.54, 1.807) is 30.5 Å². The number of nitrogens with zero attached hydrogens (tertiary/aromatic N) is 1. The van der Waals surface area contributed by atoms with Gasteiger partial charge in [-0.25, -0.2) is 8.42 Å². The Morgan fingerprint density at radius 3 is 2.52 bits per heavy atom. The van der Waals surface area contributed by atoms with Crippen molar-refractivity contribution in [3.8, 4) is 0 Å². The minimum Gasteiger partial charge on any atom is -0.349 e. The van der Waals surface area contributed by atoms with Crippen LogP contribution in [0.3, 0.4) is 0 Å². The van der Waals surface area contributed by atoms with Crippen LogP contribution in [0.5, 0.6) is 0 Å². The molecule has 0 saturated heterocycles. The molecule has 1 aromatic heterocycles. The Hall–Kier alpha value is -2.41. The number of hydrogen-bond donors (Lipinski definition) is 2. The highest BCUT2D eigenvalue weighted by Gasteiger charge is 2.24. The Balaban J connectivity index is 1.83. The average molecular weight is 359 g/mol. The van der Waals surface area contributed by atoms with Gasteiger partial charge in [0.2, 0.25) is 0 Å². The first kappa shape index (κ1) is 17.4. The first-order valence-electron chi connectivity index (χ1n) is 8.39. The molecular formula is C18H21N3O3S. The molecule has 132 valence electrons. The fourth-order valence-electron chi connectivity index (χ4n) is 3.03. The summed E-state index contributed by atoms with van der Waals surface area (Å²) in [5.74, 6) is -0.348. The monoisotopic (exact) mass is 359 g/mol. The number of carbonyl (C=O) groups excluding carboxylic acids is 1. The van der Waals surface area contributed by atoms with Gasteiger partial charge in [-0.05, 0) is 37.1 Å². The van der Waals surface area contributed by atoms with Gasteiger partial charge in [0.15, 0.2) is 0 Å². The quantitative estimate of drug-likeness (QED) is 0.859. The molecule has 1 fully saturated rings. The van der Waals surface area contributed by atoms with E-state index in [0.717, 1.165) is 25.7 Å². The molecule has 7 heteroatoms. The van der Waals surface area contributed by atoms with Crippen LogP contribution in [0, 0.1) is 0 Å². The smallest absolute Gasteiger partial charge is 0.262 e. The van der Waals surface area contributed by atoms with Crippen molar-refractivity contribution in [3.05, 3.63) is 54.4 Å². The summed E-state index contributed by atoms with van der Waals surface area (Å²) in [4.78, 5) is 16.5. The van der Waals surface area contributed by atoms with E-state index in [-0.39, 0.29) is 22.4 Å². The summed E-state index contributed by atoms with van der Waals surface area (Å²) in [7, 11) is -3.88. The van der Waals surface area contributed by atoms with Gasteiger partial charge in [0.05, 0.1) is 17.4 Å². The van der Waals surface area contributed by atoms with Crippen LogP contribution in [0.4, 0.5) is 5.69 Å². The number of rotatable bonds is 5. The number of pyridine rings is 1. The highest BCUT2D eigenvalue weighted by atomic mass is 32.2. The van der Waals surface area contributed by atoms with Crippen LogP contribution in [0.15, 0.2) is 53.7 Å². The fraction of sp³-hybridized carbons (Fsp3) is 0.333. The second kappa shape index (κ2) is 7.65. The molecule has 3 rings (SSSR count). The van der Waals surface area contributed by atoms with E-state index in [1.807, 2.05) is 0 Å². The zero-order chi connectivity index (χ0) is 17.7. The van der Waals surface area contributed by atoms with Crippen molar-refractivity contribution in [3.63, 3.8) is 0 Å². The molecule has 6 nitrogen and oxygen atoms in total. The van der Waals surface area contributed by atoms with Gasteiger partial charge in [-0.1, -0.05) is 31.4 Å². The van der Waals surface area contributed by atoms with E-state index < -0.39 is 10.0 Å². The van der Waals surface area contributed by atoms with Crippen molar-refractivity contribution in [1.29, 1.82) is 0 Å². The van der Waals surface area contributed by atoms with Gasteiger partial charge in [0, 0.05) is 12.2 Å². The van der Waals surface area contributed by atoms with Crippen LogP contribution >= 0.6 is 0 Å². The largest absolute Gasteiger partial charge is 0.349 e.